The van der Waals surface area contributed by atoms with E-state index in [4.69, 9.17) is 0 Å². The van der Waals surface area contributed by atoms with Gasteiger partial charge in [-0.2, -0.15) is 0 Å². The lowest BCUT2D eigenvalue weighted by atomic mass is 10.1. The lowest BCUT2D eigenvalue weighted by Gasteiger charge is -2.33. The molecule has 0 bridgehead atoms. The molecule has 0 aliphatic carbocycles. The summed E-state index contributed by atoms with van der Waals surface area (Å²) < 4.78 is 0. The maximum atomic E-state index is 3.55. The van der Waals surface area contributed by atoms with Gasteiger partial charge in [-0.3, -0.25) is 4.90 Å². The van der Waals surface area contributed by atoms with Crippen LogP contribution < -0.4 is 5.32 Å². The number of rotatable bonds is 8. The first-order valence-corrected chi connectivity index (χ1v) is 6.51. The summed E-state index contributed by atoms with van der Waals surface area (Å²) >= 11 is 0. The largest absolute Gasteiger partial charge is 0.314 e. The molecule has 0 aliphatic heterocycles. The van der Waals surface area contributed by atoms with Crippen molar-refractivity contribution in [2.45, 2.75) is 72.5 Å². The highest BCUT2D eigenvalue weighted by Crippen LogP contribution is 2.10. The summed E-state index contributed by atoms with van der Waals surface area (Å²) in [6.07, 6.45) is 2.46. The molecular weight excluding hydrogens is 184 g/mol. The number of hydrogen-bond donors (Lipinski definition) is 1. The van der Waals surface area contributed by atoms with Crippen LogP contribution in [0.2, 0.25) is 0 Å². The first kappa shape index (κ1) is 14.9. The Kier molecular flexibility index (Phi) is 8.07. The normalized spacial score (nSPS) is 16.0. The molecule has 2 nitrogen and oxygen atoms in total. The average Bonchev–Trinajstić information content (AvgIpc) is 2.15. The molecule has 0 spiro atoms. The predicted octanol–water partition coefficient (Wildman–Crippen LogP) is 2.88. The highest BCUT2D eigenvalue weighted by molar-refractivity contribution is 4.74. The van der Waals surface area contributed by atoms with Crippen LogP contribution in [0.3, 0.4) is 0 Å². The van der Waals surface area contributed by atoms with Crippen molar-refractivity contribution >= 4 is 0 Å². The molecule has 0 fully saturated rings. The molecule has 0 amide bonds. The lowest BCUT2D eigenvalue weighted by Crippen LogP contribution is -2.42. The first-order chi connectivity index (χ1) is 7.02. The van der Waals surface area contributed by atoms with E-state index < -0.39 is 0 Å². The highest BCUT2D eigenvalue weighted by Gasteiger charge is 2.17. The second-order valence-corrected chi connectivity index (χ2v) is 4.86. The van der Waals surface area contributed by atoms with Crippen LogP contribution in [0.5, 0.6) is 0 Å². The lowest BCUT2D eigenvalue weighted by molar-refractivity contribution is 0.157. The second kappa shape index (κ2) is 8.12. The van der Waals surface area contributed by atoms with Crippen molar-refractivity contribution in [2.75, 3.05) is 13.1 Å². The van der Waals surface area contributed by atoms with Gasteiger partial charge in [-0.25, -0.2) is 0 Å². The third-order valence-corrected chi connectivity index (χ3v) is 3.03. The van der Waals surface area contributed by atoms with Gasteiger partial charge in [-0.15, -0.1) is 0 Å². The molecule has 2 heteroatoms. The van der Waals surface area contributed by atoms with Gasteiger partial charge in [0.15, 0.2) is 0 Å². The first-order valence-electron chi connectivity index (χ1n) is 6.51. The number of nitrogens with one attached hydrogen (secondary N) is 1. The monoisotopic (exact) mass is 214 g/mol. The van der Waals surface area contributed by atoms with Crippen molar-refractivity contribution in [3.05, 3.63) is 0 Å². The Labute approximate surface area is 96.4 Å². The molecule has 0 aromatic heterocycles. The average molecular weight is 214 g/mol. The fraction of sp³-hybridized carbons (Fsp3) is 1.00. The minimum absolute atomic E-state index is 0.632. The minimum Gasteiger partial charge on any atom is -0.314 e. The third kappa shape index (κ3) is 6.16. The van der Waals surface area contributed by atoms with Gasteiger partial charge in [0.2, 0.25) is 0 Å². The molecule has 0 aromatic rings. The SMILES string of the molecule is CCCNC(C)CC(C)N(CC)C(C)C. The van der Waals surface area contributed by atoms with Crippen LogP contribution >= 0.6 is 0 Å². The highest BCUT2D eigenvalue weighted by atomic mass is 15.2. The van der Waals surface area contributed by atoms with Gasteiger partial charge >= 0.3 is 0 Å². The summed E-state index contributed by atoms with van der Waals surface area (Å²) in [6.45, 7) is 16.0. The van der Waals surface area contributed by atoms with Gasteiger partial charge in [0.25, 0.3) is 0 Å². The molecule has 92 valence electrons. The van der Waals surface area contributed by atoms with Crippen LogP contribution in [-0.4, -0.2) is 36.1 Å². The van der Waals surface area contributed by atoms with Crippen molar-refractivity contribution in [3.8, 4) is 0 Å². The van der Waals surface area contributed by atoms with Crippen LogP contribution in [0.4, 0.5) is 0 Å². The molecular formula is C13H30N2. The Morgan fingerprint density at radius 1 is 1.07 bits per heavy atom. The summed E-state index contributed by atoms with van der Waals surface area (Å²) in [5, 5.41) is 3.55. The van der Waals surface area contributed by atoms with Crippen molar-refractivity contribution < 1.29 is 0 Å². The zero-order valence-corrected chi connectivity index (χ0v) is 11.5. The maximum Gasteiger partial charge on any atom is 0.00842 e. The zero-order valence-electron chi connectivity index (χ0n) is 11.5. The Balaban J connectivity index is 3.92. The molecule has 0 heterocycles. The Hall–Kier alpha value is -0.0800. The molecule has 0 aromatic carbocycles. The number of nitrogens with zero attached hydrogens (tertiary/aromatic N) is 1. The summed E-state index contributed by atoms with van der Waals surface area (Å²) in [4.78, 5) is 2.56. The van der Waals surface area contributed by atoms with Gasteiger partial charge < -0.3 is 5.32 Å². The molecule has 0 saturated heterocycles. The number of hydrogen-bond acceptors (Lipinski definition) is 2. The fourth-order valence-electron chi connectivity index (χ4n) is 2.31. The van der Waals surface area contributed by atoms with Crippen molar-refractivity contribution in [3.63, 3.8) is 0 Å². The Bertz CT molecular complexity index is 145. The van der Waals surface area contributed by atoms with E-state index in [0.717, 1.165) is 13.1 Å². The van der Waals surface area contributed by atoms with E-state index in [-0.39, 0.29) is 0 Å². The smallest absolute Gasteiger partial charge is 0.00842 e. The Morgan fingerprint density at radius 3 is 2.07 bits per heavy atom. The standard InChI is InChI=1S/C13H30N2/c1-7-9-14-12(5)10-13(6)15(8-2)11(3)4/h11-14H,7-10H2,1-6H3. The van der Waals surface area contributed by atoms with Crippen LogP contribution in [0.15, 0.2) is 0 Å². The van der Waals surface area contributed by atoms with E-state index in [1.807, 2.05) is 0 Å². The van der Waals surface area contributed by atoms with E-state index in [1.54, 1.807) is 0 Å². The van der Waals surface area contributed by atoms with Gasteiger partial charge in [-0.05, 0) is 53.6 Å². The van der Waals surface area contributed by atoms with Crippen molar-refractivity contribution in [2.24, 2.45) is 0 Å². The predicted molar refractivity (Wildman–Crippen MR) is 69.4 cm³/mol. The topological polar surface area (TPSA) is 15.3 Å². The molecule has 0 radical (unpaired) electrons. The van der Waals surface area contributed by atoms with Crippen molar-refractivity contribution in [1.82, 2.24) is 10.2 Å². The molecule has 15 heavy (non-hydrogen) atoms. The fourth-order valence-corrected chi connectivity index (χ4v) is 2.31. The van der Waals surface area contributed by atoms with Crippen LogP contribution in [0.25, 0.3) is 0 Å². The molecule has 1 N–H and O–H groups in total. The van der Waals surface area contributed by atoms with Gasteiger partial charge in [0, 0.05) is 18.1 Å². The third-order valence-electron chi connectivity index (χ3n) is 3.03. The molecule has 0 aliphatic rings. The van der Waals surface area contributed by atoms with Gasteiger partial charge in [0.1, 0.15) is 0 Å². The van der Waals surface area contributed by atoms with E-state index in [2.05, 4.69) is 51.8 Å². The van der Waals surface area contributed by atoms with E-state index >= 15 is 0 Å². The van der Waals surface area contributed by atoms with E-state index in [0.29, 0.717) is 18.1 Å². The van der Waals surface area contributed by atoms with E-state index in [9.17, 15) is 0 Å². The van der Waals surface area contributed by atoms with E-state index in [1.165, 1.54) is 12.8 Å². The molecule has 2 atom stereocenters. The Morgan fingerprint density at radius 2 is 1.67 bits per heavy atom. The maximum absolute atomic E-state index is 3.55. The van der Waals surface area contributed by atoms with Crippen LogP contribution in [0.1, 0.15) is 54.4 Å². The molecule has 0 saturated carbocycles. The van der Waals surface area contributed by atoms with Crippen LogP contribution in [0, 0.1) is 0 Å². The quantitative estimate of drug-likeness (QED) is 0.668. The van der Waals surface area contributed by atoms with Gasteiger partial charge in [-0.1, -0.05) is 13.8 Å². The summed E-state index contributed by atoms with van der Waals surface area (Å²) in [5.41, 5.74) is 0. The summed E-state index contributed by atoms with van der Waals surface area (Å²) in [7, 11) is 0. The molecule has 0 rings (SSSR count). The van der Waals surface area contributed by atoms with Gasteiger partial charge in [0.05, 0.1) is 0 Å². The summed E-state index contributed by atoms with van der Waals surface area (Å²) in [5.74, 6) is 0. The zero-order chi connectivity index (χ0) is 11.8. The summed E-state index contributed by atoms with van der Waals surface area (Å²) in [6, 6.07) is 1.96. The second-order valence-electron chi connectivity index (χ2n) is 4.86. The minimum atomic E-state index is 0.632. The van der Waals surface area contributed by atoms with Crippen LogP contribution in [-0.2, 0) is 0 Å². The molecule has 2 unspecified atom stereocenters. The van der Waals surface area contributed by atoms with Crippen molar-refractivity contribution in [1.29, 1.82) is 0 Å².